The summed E-state index contributed by atoms with van der Waals surface area (Å²) in [7, 11) is 0. The molecule has 2 atom stereocenters. The molecule has 1 aromatic heterocycles. The van der Waals surface area contributed by atoms with E-state index >= 15 is 0 Å². The van der Waals surface area contributed by atoms with Gasteiger partial charge in [-0.15, -0.1) is 0 Å². The molecule has 20 heavy (non-hydrogen) atoms. The fourth-order valence-electron chi connectivity index (χ4n) is 2.62. The predicted molar refractivity (Wildman–Crippen MR) is 75.3 cm³/mol. The topological polar surface area (TPSA) is 59.1 Å². The van der Waals surface area contributed by atoms with Crippen molar-refractivity contribution in [2.75, 3.05) is 23.8 Å². The van der Waals surface area contributed by atoms with E-state index in [-0.39, 0.29) is 18.0 Å². The van der Waals surface area contributed by atoms with E-state index in [0.29, 0.717) is 11.9 Å². The zero-order valence-corrected chi connectivity index (χ0v) is 11.7. The first-order chi connectivity index (χ1) is 9.78. The molecule has 1 saturated carbocycles. The summed E-state index contributed by atoms with van der Waals surface area (Å²) in [4.78, 5) is 8.17. The van der Waals surface area contributed by atoms with E-state index in [4.69, 9.17) is 4.74 Å². The SMILES string of the molecule is CCCNc1ncc(F)c(NC2CCOC2C2CC2)n1. The van der Waals surface area contributed by atoms with Crippen LogP contribution in [-0.2, 0) is 4.74 Å². The summed E-state index contributed by atoms with van der Waals surface area (Å²) in [6, 6.07) is 0.158. The second kappa shape index (κ2) is 5.91. The number of hydrogen-bond acceptors (Lipinski definition) is 5. The van der Waals surface area contributed by atoms with Gasteiger partial charge in [-0.1, -0.05) is 6.92 Å². The number of hydrogen-bond donors (Lipinski definition) is 2. The molecule has 5 nitrogen and oxygen atoms in total. The van der Waals surface area contributed by atoms with Gasteiger partial charge in [0.05, 0.1) is 18.3 Å². The van der Waals surface area contributed by atoms with E-state index in [1.54, 1.807) is 0 Å². The van der Waals surface area contributed by atoms with Gasteiger partial charge in [-0.25, -0.2) is 9.37 Å². The number of aromatic nitrogens is 2. The highest BCUT2D eigenvalue weighted by atomic mass is 19.1. The molecule has 6 heteroatoms. The van der Waals surface area contributed by atoms with Crippen LogP contribution in [0.1, 0.15) is 32.6 Å². The normalized spacial score (nSPS) is 25.7. The fraction of sp³-hybridized carbons (Fsp3) is 0.714. The lowest BCUT2D eigenvalue weighted by atomic mass is 10.1. The number of rotatable bonds is 6. The third-order valence-electron chi connectivity index (χ3n) is 3.82. The Hall–Kier alpha value is -1.43. The van der Waals surface area contributed by atoms with E-state index in [1.807, 2.05) is 0 Å². The van der Waals surface area contributed by atoms with Gasteiger partial charge in [-0.2, -0.15) is 4.98 Å². The molecule has 2 unspecified atom stereocenters. The maximum absolute atomic E-state index is 13.8. The average Bonchev–Trinajstić information content (AvgIpc) is 3.20. The molecule has 1 aliphatic carbocycles. The molecule has 2 N–H and O–H groups in total. The van der Waals surface area contributed by atoms with Gasteiger partial charge in [0.1, 0.15) is 0 Å². The Labute approximate surface area is 118 Å². The van der Waals surface area contributed by atoms with Gasteiger partial charge in [0.2, 0.25) is 5.95 Å². The van der Waals surface area contributed by atoms with Crippen molar-refractivity contribution in [2.45, 2.75) is 44.8 Å². The van der Waals surface area contributed by atoms with Gasteiger partial charge in [-0.05, 0) is 31.6 Å². The standard InChI is InChI=1S/C14H21FN4O/c1-2-6-16-14-17-8-10(15)13(19-14)18-11-5-7-20-12(11)9-3-4-9/h8-9,11-12H,2-7H2,1H3,(H2,16,17,18,19). The molecule has 1 saturated heterocycles. The molecule has 0 radical (unpaired) electrons. The Morgan fingerprint density at radius 2 is 2.25 bits per heavy atom. The third-order valence-corrected chi connectivity index (χ3v) is 3.82. The average molecular weight is 280 g/mol. The molecule has 0 amide bonds. The molecule has 0 spiro atoms. The Bertz CT molecular complexity index is 466. The van der Waals surface area contributed by atoms with E-state index in [1.165, 1.54) is 19.0 Å². The summed E-state index contributed by atoms with van der Waals surface area (Å²) in [5.74, 6) is 0.975. The quantitative estimate of drug-likeness (QED) is 0.838. The molecule has 0 bridgehead atoms. The summed E-state index contributed by atoms with van der Waals surface area (Å²) in [6.07, 6.45) is 5.74. The maximum atomic E-state index is 13.8. The van der Waals surface area contributed by atoms with Crippen LogP contribution in [0.25, 0.3) is 0 Å². The van der Waals surface area contributed by atoms with Crippen molar-refractivity contribution in [3.63, 3.8) is 0 Å². The highest BCUT2D eigenvalue weighted by Gasteiger charge is 2.41. The lowest BCUT2D eigenvalue weighted by Gasteiger charge is -2.20. The van der Waals surface area contributed by atoms with Crippen LogP contribution in [0.3, 0.4) is 0 Å². The maximum Gasteiger partial charge on any atom is 0.224 e. The van der Waals surface area contributed by atoms with Crippen LogP contribution in [-0.4, -0.2) is 35.3 Å². The predicted octanol–water partition coefficient (Wildman–Crippen LogP) is 2.42. The first-order valence-corrected chi connectivity index (χ1v) is 7.42. The number of ether oxygens (including phenoxy) is 1. The fourth-order valence-corrected chi connectivity index (χ4v) is 2.62. The number of anilines is 2. The zero-order chi connectivity index (χ0) is 13.9. The van der Waals surface area contributed by atoms with Gasteiger partial charge in [0.15, 0.2) is 11.6 Å². The molecule has 1 aliphatic heterocycles. The molecular formula is C14H21FN4O. The van der Waals surface area contributed by atoms with Crippen LogP contribution in [0.4, 0.5) is 16.2 Å². The second-order valence-electron chi connectivity index (χ2n) is 5.53. The Kier molecular flexibility index (Phi) is 4.00. The molecule has 2 aliphatic rings. The minimum absolute atomic E-state index is 0.158. The zero-order valence-electron chi connectivity index (χ0n) is 11.7. The summed E-state index contributed by atoms with van der Waals surface area (Å²) >= 11 is 0. The van der Waals surface area contributed by atoms with Crippen molar-refractivity contribution >= 4 is 11.8 Å². The monoisotopic (exact) mass is 280 g/mol. The number of nitrogens with zero attached hydrogens (tertiary/aromatic N) is 2. The molecule has 110 valence electrons. The van der Waals surface area contributed by atoms with Crippen LogP contribution < -0.4 is 10.6 Å². The van der Waals surface area contributed by atoms with E-state index < -0.39 is 5.82 Å². The molecule has 3 rings (SSSR count). The van der Waals surface area contributed by atoms with Crippen molar-refractivity contribution in [1.82, 2.24) is 9.97 Å². The summed E-state index contributed by atoms with van der Waals surface area (Å²) in [5.41, 5.74) is 0. The lowest BCUT2D eigenvalue weighted by Crippen LogP contribution is -2.31. The molecule has 2 fully saturated rings. The van der Waals surface area contributed by atoms with Crippen molar-refractivity contribution in [2.24, 2.45) is 5.92 Å². The first kappa shape index (κ1) is 13.5. The van der Waals surface area contributed by atoms with Crippen LogP contribution in [0.2, 0.25) is 0 Å². The van der Waals surface area contributed by atoms with Gasteiger partial charge < -0.3 is 15.4 Å². The van der Waals surface area contributed by atoms with Gasteiger partial charge in [0.25, 0.3) is 0 Å². The molecular weight excluding hydrogens is 259 g/mol. The molecule has 0 aromatic carbocycles. The van der Waals surface area contributed by atoms with E-state index in [2.05, 4.69) is 27.5 Å². The van der Waals surface area contributed by atoms with Gasteiger partial charge in [-0.3, -0.25) is 0 Å². The highest BCUT2D eigenvalue weighted by molar-refractivity contribution is 5.42. The van der Waals surface area contributed by atoms with E-state index in [0.717, 1.165) is 26.0 Å². The second-order valence-corrected chi connectivity index (χ2v) is 5.53. The minimum Gasteiger partial charge on any atom is -0.376 e. The van der Waals surface area contributed by atoms with Crippen LogP contribution >= 0.6 is 0 Å². The Morgan fingerprint density at radius 1 is 1.40 bits per heavy atom. The number of halogens is 1. The summed E-state index contributed by atoms with van der Waals surface area (Å²) in [5, 5.41) is 6.28. The minimum atomic E-state index is -0.409. The van der Waals surface area contributed by atoms with Crippen LogP contribution in [0.15, 0.2) is 6.20 Å². The van der Waals surface area contributed by atoms with Crippen molar-refractivity contribution in [3.05, 3.63) is 12.0 Å². The smallest absolute Gasteiger partial charge is 0.224 e. The lowest BCUT2D eigenvalue weighted by molar-refractivity contribution is 0.0897. The van der Waals surface area contributed by atoms with E-state index in [9.17, 15) is 4.39 Å². The highest BCUT2D eigenvalue weighted by Crippen LogP contribution is 2.39. The van der Waals surface area contributed by atoms with Crippen LogP contribution in [0.5, 0.6) is 0 Å². The van der Waals surface area contributed by atoms with Crippen molar-refractivity contribution in [3.8, 4) is 0 Å². The summed E-state index contributed by atoms with van der Waals surface area (Å²) < 4.78 is 19.6. The summed E-state index contributed by atoms with van der Waals surface area (Å²) in [6.45, 7) is 3.58. The van der Waals surface area contributed by atoms with Crippen molar-refractivity contribution in [1.29, 1.82) is 0 Å². The number of nitrogens with one attached hydrogen (secondary N) is 2. The third kappa shape index (κ3) is 3.00. The van der Waals surface area contributed by atoms with Gasteiger partial charge in [0, 0.05) is 13.2 Å². The Balaban J connectivity index is 1.68. The largest absolute Gasteiger partial charge is 0.376 e. The van der Waals surface area contributed by atoms with Crippen molar-refractivity contribution < 1.29 is 9.13 Å². The first-order valence-electron chi connectivity index (χ1n) is 7.42. The molecule has 2 heterocycles. The molecule has 1 aromatic rings. The Morgan fingerprint density at radius 3 is 3.00 bits per heavy atom. The van der Waals surface area contributed by atoms with Gasteiger partial charge >= 0.3 is 0 Å². The van der Waals surface area contributed by atoms with Crippen LogP contribution in [0, 0.1) is 11.7 Å².